The van der Waals surface area contributed by atoms with Crippen molar-refractivity contribution in [2.24, 2.45) is 46.3 Å². The topological polar surface area (TPSA) is 43.4 Å². The molecule has 0 N–H and O–H groups in total. The fourth-order valence-electron chi connectivity index (χ4n) is 9.66. The fraction of sp³-hybridized carbons (Fsp3) is 0.833. The summed E-state index contributed by atoms with van der Waals surface area (Å²) in [6, 6.07) is 0. The summed E-state index contributed by atoms with van der Waals surface area (Å²) in [6.45, 7) is 4.99. The van der Waals surface area contributed by atoms with Crippen LogP contribution in [0.4, 0.5) is 0 Å². The first-order valence-electron chi connectivity index (χ1n) is 11.3. The summed E-state index contributed by atoms with van der Waals surface area (Å²) >= 11 is 0. The monoisotopic (exact) mass is 366 g/mol. The summed E-state index contributed by atoms with van der Waals surface area (Å²) in [5, 5.41) is 0. The molecular weight excluding hydrogens is 336 g/mol. The van der Waals surface area contributed by atoms with Gasteiger partial charge in [-0.25, -0.2) is 0 Å². The van der Waals surface area contributed by atoms with E-state index in [1.165, 1.54) is 25.7 Å². The van der Waals surface area contributed by atoms with E-state index in [-0.39, 0.29) is 22.4 Å². The highest BCUT2D eigenvalue weighted by molar-refractivity contribution is 5.83. The number of carbonyl (C=O) groups is 2. The van der Waals surface area contributed by atoms with E-state index in [0.29, 0.717) is 18.1 Å². The largest absolute Gasteiger partial charge is 0.458 e. The van der Waals surface area contributed by atoms with Gasteiger partial charge in [0.05, 0.1) is 0 Å². The van der Waals surface area contributed by atoms with Gasteiger partial charge >= 0.3 is 5.97 Å². The summed E-state index contributed by atoms with van der Waals surface area (Å²) in [4.78, 5) is 24.3. The second-order valence-corrected chi connectivity index (χ2v) is 11.5. The number of hydrogen-bond donors (Lipinski definition) is 0. The number of allylic oxidation sites excluding steroid dienone is 2. The Morgan fingerprint density at radius 1 is 1.04 bits per heavy atom. The Balaban J connectivity index is 1.34. The molecule has 9 atom stereocenters. The Morgan fingerprint density at radius 3 is 2.67 bits per heavy atom. The minimum atomic E-state index is -0.132. The van der Waals surface area contributed by atoms with Crippen molar-refractivity contribution in [1.82, 2.24) is 0 Å². The average molecular weight is 367 g/mol. The molecule has 1 spiro atoms. The van der Waals surface area contributed by atoms with Gasteiger partial charge in [-0.05, 0) is 73.5 Å². The van der Waals surface area contributed by atoms with Gasteiger partial charge in [0, 0.05) is 30.6 Å². The van der Waals surface area contributed by atoms with Crippen molar-refractivity contribution in [1.29, 1.82) is 0 Å². The number of Topliss-reactive ketones (excluding diaryl/α,β-unsaturated/α-hetero) is 1. The van der Waals surface area contributed by atoms with Crippen LogP contribution in [-0.2, 0) is 14.3 Å². The summed E-state index contributed by atoms with van der Waals surface area (Å²) in [5.41, 5.74) is 3.58. The maximum atomic E-state index is 12.2. The van der Waals surface area contributed by atoms with Crippen LogP contribution in [0.3, 0.4) is 0 Å². The van der Waals surface area contributed by atoms with Crippen LogP contribution >= 0.6 is 0 Å². The first-order valence-corrected chi connectivity index (χ1v) is 11.3. The normalized spacial score (nSPS) is 59.6. The molecule has 27 heavy (non-hydrogen) atoms. The summed E-state index contributed by atoms with van der Waals surface area (Å²) in [5.74, 6) is 5.00. The first-order chi connectivity index (χ1) is 12.9. The molecule has 1 saturated heterocycles. The lowest BCUT2D eigenvalue weighted by Crippen LogP contribution is -2.57. The first kappa shape index (κ1) is 15.8. The summed E-state index contributed by atoms with van der Waals surface area (Å²) in [6.07, 6.45) is 9.28. The van der Waals surface area contributed by atoms with Gasteiger partial charge in [-0.3, -0.25) is 9.59 Å². The maximum Gasteiger partial charge on any atom is 0.306 e. The molecule has 7 rings (SSSR count). The van der Waals surface area contributed by atoms with Gasteiger partial charge in [-0.15, -0.1) is 0 Å². The van der Waals surface area contributed by atoms with Gasteiger partial charge in [-0.1, -0.05) is 25.0 Å². The molecule has 7 aliphatic rings. The molecular formula is C24H30O3. The molecule has 1 heterocycles. The van der Waals surface area contributed by atoms with Crippen LogP contribution in [0, 0.1) is 46.3 Å². The zero-order chi connectivity index (χ0) is 18.3. The Hall–Kier alpha value is -1.12. The predicted molar refractivity (Wildman–Crippen MR) is 99.6 cm³/mol. The van der Waals surface area contributed by atoms with Gasteiger partial charge in [-0.2, -0.15) is 0 Å². The van der Waals surface area contributed by atoms with Crippen molar-refractivity contribution in [3.05, 3.63) is 11.1 Å². The Bertz CT molecular complexity index is 841. The van der Waals surface area contributed by atoms with E-state index >= 15 is 0 Å². The number of rotatable bonds is 0. The lowest BCUT2D eigenvalue weighted by atomic mass is 9.45. The predicted octanol–water partition coefficient (Wildman–Crippen LogP) is 4.45. The lowest BCUT2D eigenvalue weighted by Gasteiger charge is -2.59. The molecule has 0 bridgehead atoms. The third kappa shape index (κ3) is 1.58. The molecule has 0 amide bonds. The Labute approximate surface area is 161 Å². The molecule has 3 nitrogen and oxygen atoms in total. The van der Waals surface area contributed by atoms with E-state index in [4.69, 9.17) is 4.74 Å². The van der Waals surface area contributed by atoms with Crippen LogP contribution in [0.25, 0.3) is 0 Å². The molecule has 1 aliphatic heterocycles. The second-order valence-electron chi connectivity index (χ2n) is 11.5. The van der Waals surface area contributed by atoms with Crippen molar-refractivity contribution in [3.8, 4) is 0 Å². The molecule has 0 aromatic rings. The fourth-order valence-corrected chi connectivity index (χ4v) is 9.66. The zero-order valence-electron chi connectivity index (χ0n) is 16.6. The van der Waals surface area contributed by atoms with Crippen LogP contribution < -0.4 is 0 Å². The highest BCUT2D eigenvalue weighted by atomic mass is 16.6. The van der Waals surface area contributed by atoms with Crippen molar-refractivity contribution in [3.63, 3.8) is 0 Å². The lowest BCUT2D eigenvalue weighted by molar-refractivity contribution is -0.176. The van der Waals surface area contributed by atoms with Crippen LogP contribution in [0.2, 0.25) is 0 Å². The number of fused-ring (bicyclic) bond motifs is 11. The number of ketones is 1. The quantitative estimate of drug-likeness (QED) is 0.470. The number of esters is 1. The minimum Gasteiger partial charge on any atom is -0.458 e. The minimum absolute atomic E-state index is 0.0559. The number of hydrogen-bond acceptors (Lipinski definition) is 3. The van der Waals surface area contributed by atoms with Gasteiger partial charge in [0.1, 0.15) is 11.4 Å². The van der Waals surface area contributed by atoms with Crippen molar-refractivity contribution >= 4 is 11.8 Å². The van der Waals surface area contributed by atoms with Crippen molar-refractivity contribution in [2.75, 3.05) is 0 Å². The molecule has 6 aliphatic carbocycles. The van der Waals surface area contributed by atoms with Gasteiger partial charge < -0.3 is 4.74 Å². The van der Waals surface area contributed by atoms with Crippen molar-refractivity contribution < 1.29 is 14.3 Å². The van der Waals surface area contributed by atoms with E-state index in [0.717, 1.165) is 55.3 Å². The van der Waals surface area contributed by atoms with E-state index in [1.807, 2.05) is 0 Å². The highest BCUT2D eigenvalue weighted by Gasteiger charge is 2.80. The molecule has 0 radical (unpaired) electrons. The molecule has 3 heteroatoms. The third-order valence-corrected chi connectivity index (χ3v) is 10.8. The number of ether oxygens (including phenoxy) is 1. The van der Waals surface area contributed by atoms with Crippen LogP contribution in [0.5, 0.6) is 0 Å². The zero-order valence-corrected chi connectivity index (χ0v) is 16.6. The third-order valence-electron chi connectivity index (χ3n) is 10.8. The van der Waals surface area contributed by atoms with E-state index in [9.17, 15) is 9.59 Å². The molecule has 144 valence electrons. The summed E-state index contributed by atoms with van der Waals surface area (Å²) < 4.78 is 6.22. The molecule has 0 aromatic carbocycles. The molecule has 6 fully saturated rings. The van der Waals surface area contributed by atoms with E-state index < -0.39 is 0 Å². The van der Waals surface area contributed by atoms with Crippen LogP contribution in [-0.4, -0.2) is 17.4 Å². The number of carbonyl (C=O) groups excluding carboxylic acids is 2. The molecule has 0 aromatic heterocycles. The van der Waals surface area contributed by atoms with Gasteiger partial charge in [0.15, 0.2) is 0 Å². The SMILES string of the molecule is C[C@]12CCC(=O)CC1=C1CC1C1C2CC[C@@]2(C)C1[C@@H]1CC1[C@@]21CCC(=O)O1. The van der Waals surface area contributed by atoms with E-state index in [1.54, 1.807) is 11.1 Å². The van der Waals surface area contributed by atoms with E-state index in [2.05, 4.69) is 13.8 Å². The maximum absolute atomic E-state index is 12.2. The Kier molecular flexibility index (Phi) is 2.56. The Morgan fingerprint density at radius 2 is 1.89 bits per heavy atom. The standard InChI is InChI=1S/C24H30O3/c1-22-6-3-12(25)9-17(22)13-10-14(13)20-16(22)4-7-23(2)21(20)15-11-18(15)24(23)8-5-19(26)27-24/h14-16,18,20-21H,3-11H2,1-2H3/t14?,15-,16?,18?,20?,21?,22-,23+,24+/m1/s1. The van der Waals surface area contributed by atoms with Gasteiger partial charge in [0.25, 0.3) is 0 Å². The highest BCUT2D eigenvalue weighted by Crippen LogP contribution is 2.81. The van der Waals surface area contributed by atoms with Crippen LogP contribution in [0.1, 0.15) is 71.6 Å². The molecule has 5 saturated carbocycles. The molecule has 5 unspecified atom stereocenters. The van der Waals surface area contributed by atoms with Crippen molar-refractivity contribution in [2.45, 2.75) is 77.2 Å². The smallest absolute Gasteiger partial charge is 0.306 e. The van der Waals surface area contributed by atoms with Gasteiger partial charge in [0.2, 0.25) is 0 Å². The summed E-state index contributed by atoms with van der Waals surface area (Å²) in [7, 11) is 0. The second kappa shape index (κ2) is 4.39. The average Bonchev–Trinajstić information content (AvgIpc) is 3.53. The van der Waals surface area contributed by atoms with Crippen LogP contribution in [0.15, 0.2) is 11.1 Å².